The molecule has 1 fully saturated rings. The molecule has 0 amide bonds. The van der Waals surface area contributed by atoms with Crippen molar-refractivity contribution < 1.29 is 4.39 Å². The first-order valence-corrected chi connectivity index (χ1v) is 10.0. The molecule has 0 spiro atoms. The van der Waals surface area contributed by atoms with E-state index in [1.165, 1.54) is 12.3 Å². The van der Waals surface area contributed by atoms with Crippen LogP contribution in [-0.2, 0) is 0 Å². The van der Waals surface area contributed by atoms with Gasteiger partial charge in [-0.05, 0) is 44.2 Å². The lowest BCUT2D eigenvalue weighted by atomic mass is 10.1. The van der Waals surface area contributed by atoms with Crippen molar-refractivity contribution in [3.8, 4) is 22.5 Å². The molecule has 0 bridgehead atoms. The van der Waals surface area contributed by atoms with Crippen molar-refractivity contribution >= 4 is 11.5 Å². The highest BCUT2D eigenvalue weighted by atomic mass is 19.1. The Bertz CT molecular complexity index is 1220. The van der Waals surface area contributed by atoms with Crippen molar-refractivity contribution in [3.63, 3.8) is 0 Å². The number of nitrogens with one attached hydrogen (secondary N) is 1. The van der Waals surface area contributed by atoms with Crippen LogP contribution in [0.1, 0.15) is 12.6 Å². The quantitative estimate of drug-likeness (QED) is 0.530. The smallest absolute Gasteiger partial charge is 0.213 e. The monoisotopic (exact) mass is 403 g/mol. The van der Waals surface area contributed by atoms with Crippen molar-refractivity contribution in [1.29, 1.82) is 0 Å². The minimum atomic E-state index is -0.537. The first-order chi connectivity index (χ1) is 14.6. The van der Waals surface area contributed by atoms with Crippen molar-refractivity contribution in [2.75, 3.05) is 24.5 Å². The van der Waals surface area contributed by atoms with Gasteiger partial charge in [0.1, 0.15) is 11.5 Å². The average molecular weight is 403 g/mol. The van der Waals surface area contributed by atoms with Gasteiger partial charge in [-0.2, -0.15) is 4.39 Å². The van der Waals surface area contributed by atoms with Gasteiger partial charge in [0, 0.05) is 61.0 Å². The van der Waals surface area contributed by atoms with Crippen LogP contribution in [0.2, 0.25) is 0 Å². The zero-order chi connectivity index (χ0) is 20.7. The van der Waals surface area contributed by atoms with Crippen LogP contribution in [0.4, 0.5) is 10.2 Å². The summed E-state index contributed by atoms with van der Waals surface area (Å²) in [5.41, 5.74) is 4.67. The predicted octanol–water partition coefficient (Wildman–Crippen LogP) is 3.10. The molecular formula is C22H22FN7. The Morgan fingerprint density at radius 3 is 2.70 bits per heavy atom. The highest BCUT2D eigenvalue weighted by Crippen LogP contribution is 2.33. The van der Waals surface area contributed by atoms with Gasteiger partial charge in [-0.25, -0.2) is 14.5 Å². The molecule has 0 radical (unpaired) electrons. The fourth-order valence-electron chi connectivity index (χ4n) is 3.94. The summed E-state index contributed by atoms with van der Waals surface area (Å²) in [6.45, 7) is 6.81. The predicted molar refractivity (Wildman–Crippen MR) is 114 cm³/mol. The molecule has 0 saturated carbocycles. The molecule has 1 saturated heterocycles. The topological polar surface area (TPSA) is 71.2 Å². The van der Waals surface area contributed by atoms with Crippen molar-refractivity contribution in [2.45, 2.75) is 19.9 Å². The number of nitrogens with zero attached hydrogens (tertiary/aromatic N) is 6. The fraction of sp³-hybridized carbons (Fsp3) is 0.273. The van der Waals surface area contributed by atoms with Gasteiger partial charge in [0.05, 0.1) is 5.69 Å². The third-order valence-electron chi connectivity index (χ3n) is 5.33. The number of piperazine rings is 1. The molecule has 0 aromatic carbocycles. The summed E-state index contributed by atoms with van der Waals surface area (Å²) < 4.78 is 15.7. The number of aryl methyl sites for hydroxylation is 1. The molecule has 0 aliphatic carbocycles. The first kappa shape index (κ1) is 18.6. The van der Waals surface area contributed by atoms with Crippen LogP contribution in [-0.4, -0.2) is 50.2 Å². The van der Waals surface area contributed by atoms with Crippen LogP contribution in [0.15, 0.2) is 48.8 Å². The zero-order valence-corrected chi connectivity index (χ0v) is 16.9. The minimum absolute atomic E-state index is 0.400. The Labute approximate surface area is 173 Å². The summed E-state index contributed by atoms with van der Waals surface area (Å²) in [6, 6.07) is 11.5. The Morgan fingerprint density at radius 2 is 1.90 bits per heavy atom. The molecule has 8 heteroatoms. The third kappa shape index (κ3) is 3.39. The van der Waals surface area contributed by atoms with Gasteiger partial charge in [0.15, 0.2) is 5.65 Å². The summed E-state index contributed by atoms with van der Waals surface area (Å²) in [5.74, 6) is 0.359. The van der Waals surface area contributed by atoms with Gasteiger partial charge in [-0.15, -0.1) is 5.10 Å². The second kappa shape index (κ2) is 7.46. The van der Waals surface area contributed by atoms with E-state index in [9.17, 15) is 4.39 Å². The number of anilines is 1. The summed E-state index contributed by atoms with van der Waals surface area (Å²) in [6.07, 6.45) is 3.22. The third-order valence-corrected chi connectivity index (χ3v) is 5.33. The van der Waals surface area contributed by atoms with Gasteiger partial charge >= 0.3 is 0 Å². The molecule has 152 valence electrons. The molecule has 1 N–H and O–H groups in total. The maximum Gasteiger partial charge on any atom is 0.213 e. The Kier molecular flexibility index (Phi) is 4.63. The minimum Gasteiger partial charge on any atom is -0.352 e. The van der Waals surface area contributed by atoms with E-state index in [-0.39, 0.29) is 0 Å². The maximum atomic E-state index is 13.9. The van der Waals surface area contributed by atoms with E-state index in [4.69, 9.17) is 10.1 Å². The zero-order valence-electron chi connectivity index (χ0n) is 16.9. The number of halogens is 1. The number of fused-ring (bicyclic) bond motifs is 1. The Hall–Kier alpha value is -3.39. The Morgan fingerprint density at radius 1 is 1.07 bits per heavy atom. The first-order valence-electron chi connectivity index (χ1n) is 10.0. The van der Waals surface area contributed by atoms with Crippen LogP contribution < -0.4 is 10.2 Å². The number of aromatic nitrogens is 5. The summed E-state index contributed by atoms with van der Waals surface area (Å²) in [7, 11) is 0. The van der Waals surface area contributed by atoms with Gasteiger partial charge in [0.25, 0.3) is 0 Å². The molecule has 1 aliphatic heterocycles. The molecule has 5 heterocycles. The number of hydrogen-bond acceptors (Lipinski definition) is 6. The average Bonchev–Trinajstić information content (AvgIpc) is 3.12. The number of rotatable bonds is 3. The number of pyridine rings is 2. The van der Waals surface area contributed by atoms with Gasteiger partial charge < -0.3 is 10.2 Å². The molecular weight excluding hydrogens is 381 g/mol. The fourth-order valence-corrected chi connectivity index (χ4v) is 3.94. The lowest BCUT2D eigenvalue weighted by Crippen LogP contribution is -2.49. The largest absolute Gasteiger partial charge is 0.352 e. The van der Waals surface area contributed by atoms with E-state index >= 15 is 0 Å². The number of hydrogen-bond donors (Lipinski definition) is 1. The van der Waals surface area contributed by atoms with Crippen LogP contribution in [0.3, 0.4) is 0 Å². The molecule has 1 atom stereocenters. The van der Waals surface area contributed by atoms with E-state index in [2.05, 4.69) is 27.1 Å². The van der Waals surface area contributed by atoms with Crippen molar-refractivity contribution in [2.24, 2.45) is 0 Å². The van der Waals surface area contributed by atoms with Crippen LogP contribution in [0.5, 0.6) is 0 Å². The van der Waals surface area contributed by atoms with Gasteiger partial charge in [-0.1, -0.05) is 0 Å². The van der Waals surface area contributed by atoms with E-state index in [1.807, 2.05) is 35.7 Å². The summed E-state index contributed by atoms with van der Waals surface area (Å²) >= 11 is 0. The lowest BCUT2D eigenvalue weighted by molar-refractivity contribution is 0.481. The van der Waals surface area contributed by atoms with E-state index in [1.54, 1.807) is 12.3 Å². The normalized spacial score (nSPS) is 16.9. The summed E-state index contributed by atoms with van der Waals surface area (Å²) in [4.78, 5) is 15.0. The molecule has 5 rings (SSSR count). The molecule has 1 aliphatic rings. The van der Waals surface area contributed by atoms with Gasteiger partial charge in [-0.3, -0.25) is 4.98 Å². The van der Waals surface area contributed by atoms with E-state index in [0.717, 1.165) is 42.4 Å². The molecule has 30 heavy (non-hydrogen) atoms. The second-order valence-corrected chi connectivity index (χ2v) is 7.62. The lowest BCUT2D eigenvalue weighted by Gasteiger charge is -2.32. The highest BCUT2D eigenvalue weighted by molar-refractivity contribution is 5.81. The van der Waals surface area contributed by atoms with Crippen LogP contribution in [0.25, 0.3) is 28.2 Å². The Balaban J connectivity index is 1.72. The standard InChI is InChI=1S/C22H22FN7/c1-14-11-17(6-7-24-14)22-21(16-5-8-26-18(23)12-16)27-19-3-4-20(28-30(19)22)29-10-9-25-15(2)13-29/h3-8,11-12,15,25H,9-10,13H2,1-2H3/t15-/m0/s1. The number of imidazole rings is 1. The molecule has 0 unspecified atom stereocenters. The van der Waals surface area contributed by atoms with Crippen LogP contribution in [0, 0.1) is 12.9 Å². The summed E-state index contributed by atoms with van der Waals surface area (Å²) in [5, 5.41) is 8.39. The maximum absolute atomic E-state index is 13.9. The SMILES string of the molecule is Cc1cc(-c2c(-c3ccnc(F)c3)nc3ccc(N4CCN[C@@H](C)C4)nn23)ccn1. The van der Waals surface area contributed by atoms with E-state index < -0.39 is 5.95 Å². The molecule has 7 nitrogen and oxygen atoms in total. The molecule has 4 aromatic heterocycles. The van der Waals surface area contributed by atoms with E-state index in [0.29, 0.717) is 22.9 Å². The molecule has 4 aromatic rings. The van der Waals surface area contributed by atoms with Crippen LogP contribution >= 0.6 is 0 Å². The second-order valence-electron chi connectivity index (χ2n) is 7.62. The highest BCUT2D eigenvalue weighted by Gasteiger charge is 2.21. The van der Waals surface area contributed by atoms with Crippen molar-refractivity contribution in [3.05, 3.63) is 60.4 Å². The van der Waals surface area contributed by atoms with Crippen molar-refractivity contribution in [1.82, 2.24) is 29.9 Å². The van der Waals surface area contributed by atoms with Gasteiger partial charge in [0.2, 0.25) is 5.95 Å².